The molecule has 19 heavy (non-hydrogen) atoms. The Labute approximate surface area is 121 Å². The van der Waals surface area contributed by atoms with E-state index in [1.54, 1.807) is 17.6 Å². The molecule has 0 amide bonds. The van der Waals surface area contributed by atoms with Crippen LogP contribution >= 0.6 is 22.9 Å². The van der Waals surface area contributed by atoms with Crippen molar-refractivity contribution in [2.45, 2.75) is 31.5 Å². The van der Waals surface area contributed by atoms with E-state index in [4.69, 9.17) is 20.8 Å². The van der Waals surface area contributed by atoms with Crippen LogP contribution in [0.2, 0.25) is 4.34 Å². The second kappa shape index (κ2) is 5.67. The smallest absolute Gasteiger partial charge is 0.126 e. The Morgan fingerprint density at radius 3 is 2.89 bits per heavy atom. The molecule has 1 N–H and O–H groups in total. The van der Waals surface area contributed by atoms with Gasteiger partial charge in [0, 0.05) is 17.5 Å². The van der Waals surface area contributed by atoms with Crippen LogP contribution in [0.4, 0.5) is 0 Å². The van der Waals surface area contributed by atoms with Crippen LogP contribution in [0.1, 0.15) is 30.0 Å². The van der Waals surface area contributed by atoms with Gasteiger partial charge < -0.3 is 9.15 Å². The van der Waals surface area contributed by atoms with Crippen molar-refractivity contribution < 1.29 is 9.15 Å². The van der Waals surface area contributed by atoms with Crippen molar-refractivity contribution in [2.24, 2.45) is 0 Å². The monoisotopic (exact) mass is 297 g/mol. The fourth-order valence-electron chi connectivity index (χ4n) is 2.41. The first-order chi connectivity index (χ1) is 9.24. The first-order valence-electron chi connectivity index (χ1n) is 6.40. The summed E-state index contributed by atoms with van der Waals surface area (Å²) in [5, 5.41) is 3.63. The zero-order valence-corrected chi connectivity index (χ0v) is 12.2. The summed E-state index contributed by atoms with van der Waals surface area (Å²) in [5.41, 5.74) is 0. The second-order valence-corrected chi connectivity index (χ2v) is 6.47. The standard InChI is InChI=1S/C14H16ClNO2S/c1-9-10(6-8-17-9)16-14(11-3-2-7-18-11)12-4-5-13(15)19-12/h2-5,7,9-10,14,16H,6,8H2,1H3. The van der Waals surface area contributed by atoms with E-state index in [2.05, 4.69) is 12.2 Å². The Hall–Kier alpha value is -0.810. The van der Waals surface area contributed by atoms with Crippen molar-refractivity contribution in [3.8, 4) is 0 Å². The van der Waals surface area contributed by atoms with Crippen molar-refractivity contribution in [1.29, 1.82) is 0 Å². The van der Waals surface area contributed by atoms with Gasteiger partial charge in [-0.1, -0.05) is 11.6 Å². The molecule has 3 atom stereocenters. The highest BCUT2D eigenvalue weighted by Crippen LogP contribution is 2.32. The van der Waals surface area contributed by atoms with Crippen LogP contribution in [0, 0.1) is 0 Å². The number of hydrogen-bond acceptors (Lipinski definition) is 4. The number of thiophene rings is 1. The zero-order chi connectivity index (χ0) is 13.2. The molecule has 0 saturated carbocycles. The summed E-state index contributed by atoms with van der Waals surface area (Å²) in [6.07, 6.45) is 2.96. The molecule has 1 aliphatic heterocycles. The summed E-state index contributed by atoms with van der Waals surface area (Å²) in [7, 11) is 0. The molecule has 2 aromatic rings. The molecule has 3 rings (SSSR count). The second-order valence-electron chi connectivity index (χ2n) is 4.73. The molecule has 3 nitrogen and oxygen atoms in total. The summed E-state index contributed by atoms with van der Waals surface area (Å²) < 4.78 is 12.0. The van der Waals surface area contributed by atoms with Gasteiger partial charge in [0.2, 0.25) is 0 Å². The normalized spacial score (nSPS) is 24.7. The molecule has 0 spiro atoms. The predicted octanol–water partition coefficient (Wildman–Crippen LogP) is 3.85. The Balaban J connectivity index is 1.84. The third kappa shape index (κ3) is 2.87. The highest BCUT2D eigenvalue weighted by atomic mass is 35.5. The molecular weight excluding hydrogens is 282 g/mol. The highest BCUT2D eigenvalue weighted by molar-refractivity contribution is 7.16. The lowest BCUT2D eigenvalue weighted by Gasteiger charge is -2.22. The Morgan fingerprint density at radius 1 is 1.42 bits per heavy atom. The molecule has 1 fully saturated rings. The molecule has 0 aliphatic carbocycles. The Bertz CT molecular complexity index is 525. The van der Waals surface area contributed by atoms with Gasteiger partial charge in [0.1, 0.15) is 11.8 Å². The molecule has 3 unspecified atom stereocenters. The van der Waals surface area contributed by atoms with Gasteiger partial charge in [0.05, 0.1) is 16.7 Å². The quantitative estimate of drug-likeness (QED) is 0.931. The van der Waals surface area contributed by atoms with E-state index < -0.39 is 0 Å². The average Bonchev–Trinajstić information content (AvgIpc) is 3.09. The van der Waals surface area contributed by atoms with Crippen LogP contribution < -0.4 is 5.32 Å². The molecule has 0 bridgehead atoms. The number of ether oxygens (including phenoxy) is 1. The number of rotatable bonds is 4. The minimum atomic E-state index is 0.0432. The minimum Gasteiger partial charge on any atom is -0.467 e. The van der Waals surface area contributed by atoms with E-state index in [1.807, 2.05) is 24.3 Å². The third-order valence-electron chi connectivity index (χ3n) is 3.46. The molecule has 5 heteroatoms. The lowest BCUT2D eigenvalue weighted by atomic mass is 10.1. The van der Waals surface area contributed by atoms with Crippen LogP contribution in [-0.4, -0.2) is 18.8 Å². The van der Waals surface area contributed by atoms with Crippen molar-refractivity contribution in [3.63, 3.8) is 0 Å². The van der Waals surface area contributed by atoms with Crippen LogP contribution in [0.15, 0.2) is 34.9 Å². The molecule has 0 aromatic carbocycles. The maximum atomic E-state index is 6.05. The molecule has 0 radical (unpaired) electrons. The van der Waals surface area contributed by atoms with Crippen molar-refractivity contribution >= 4 is 22.9 Å². The number of halogens is 1. The van der Waals surface area contributed by atoms with E-state index in [9.17, 15) is 0 Å². The fraction of sp³-hybridized carbons (Fsp3) is 0.429. The molecule has 2 aromatic heterocycles. The van der Waals surface area contributed by atoms with Crippen molar-refractivity contribution in [2.75, 3.05) is 6.61 Å². The Morgan fingerprint density at radius 2 is 2.32 bits per heavy atom. The van der Waals surface area contributed by atoms with Crippen LogP contribution in [0.5, 0.6) is 0 Å². The SMILES string of the molecule is CC1OCCC1NC(c1ccco1)c1ccc(Cl)s1. The molecule has 1 saturated heterocycles. The molecular formula is C14H16ClNO2S. The number of nitrogens with one attached hydrogen (secondary N) is 1. The minimum absolute atomic E-state index is 0.0432. The first kappa shape index (κ1) is 13.2. The Kier molecular flexibility index (Phi) is 3.93. The van der Waals surface area contributed by atoms with E-state index in [0.717, 1.165) is 23.1 Å². The molecule has 102 valence electrons. The highest BCUT2D eigenvalue weighted by Gasteiger charge is 2.29. The number of hydrogen-bond donors (Lipinski definition) is 1. The van der Waals surface area contributed by atoms with E-state index in [0.29, 0.717) is 6.04 Å². The van der Waals surface area contributed by atoms with Crippen LogP contribution in [0.3, 0.4) is 0 Å². The van der Waals surface area contributed by atoms with Crippen molar-refractivity contribution in [3.05, 3.63) is 45.5 Å². The molecule has 3 heterocycles. The maximum Gasteiger partial charge on any atom is 0.126 e. The van der Waals surface area contributed by atoms with Gasteiger partial charge in [-0.05, 0) is 37.6 Å². The maximum absolute atomic E-state index is 6.05. The predicted molar refractivity (Wildman–Crippen MR) is 76.8 cm³/mol. The molecule has 1 aliphatic rings. The number of furan rings is 1. The topological polar surface area (TPSA) is 34.4 Å². The summed E-state index contributed by atoms with van der Waals surface area (Å²) in [4.78, 5) is 1.17. The average molecular weight is 298 g/mol. The van der Waals surface area contributed by atoms with Crippen molar-refractivity contribution in [1.82, 2.24) is 5.32 Å². The van der Waals surface area contributed by atoms with Gasteiger partial charge >= 0.3 is 0 Å². The van der Waals surface area contributed by atoms with E-state index in [1.165, 1.54) is 4.88 Å². The first-order valence-corrected chi connectivity index (χ1v) is 7.60. The van der Waals surface area contributed by atoms with Gasteiger partial charge in [-0.25, -0.2) is 0 Å². The fourth-order valence-corrected chi connectivity index (χ4v) is 3.54. The lowest BCUT2D eigenvalue weighted by molar-refractivity contribution is 0.111. The summed E-state index contributed by atoms with van der Waals surface area (Å²) in [5.74, 6) is 0.914. The summed E-state index contributed by atoms with van der Waals surface area (Å²) in [6.45, 7) is 2.92. The third-order valence-corrected chi connectivity index (χ3v) is 4.76. The van der Waals surface area contributed by atoms with Gasteiger partial charge in [0.25, 0.3) is 0 Å². The largest absolute Gasteiger partial charge is 0.467 e. The van der Waals surface area contributed by atoms with E-state index >= 15 is 0 Å². The zero-order valence-electron chi connectivity index (χ0n) is 10.6. The van der Waals surface area contributed by atoms with Gasteiger partial charge in [-0.3, -0.25) is 5.32 Å². The van der Waals surface area contributed by atoms with Crippen LogP contribution in [-0.2, 0) is 4.74 Å². The van der Waals surface area contributed by atoms with Gasteiger partial charge in [-0.15, -0.1) is 11.3 Å². The van der Waals surface area contributed by atoms with E-state index in [-0.39, 0.29) is 12.1 Å². The van der Waals surface area contributed by atoms with Crippen LogP contribution in [0.25, 0.3) is 0 Å². The summed E-state index contributed by atoms with van der Waals surface area (Å²) >= 11 is 7.63. The lowest BCUT2D eigenvalue weighted by Crippen LogP contribution is -2.37. The van der Waals surface area contributed by atoms with Gasteiger partial charge in [-0.2, -0.15) is 0 Å². The summed E-state index contributed by atoms with van der Waals surface area (Å²) in [6, 6.07) is 8.26. The van der Waals surface area contributed by atoms with Gasteiger partial charge in [0.15, 0.2) is 0 Å².